The topological polar surface area (TPSA) is 108 Å². The second kappa shape index (κ2) is 11.4. The van der Waals surface area contributed by atoms with Gasteiger partial charge in [0.25, 0.3) is 5.91 Å². The lowest BCUT2D eigenvalue weighted by atomic mass is 10.0. The number of carbonyl (C=O) groups is 1. The molecule has 0 bridgehead atoms. The van der Waals surface area contributed by atoms with Crippen molar-refractivity contribution in [3.8, 4) is 5.75 Å². The normalized spacial score (nSPS) is 14.0. The number of carbonyl (C=O) groups excluding carboxylic acids is 1. The van der Waals surface area contributed by atoms with Gasteiger partial charge in [-0.15, -0.1) is 0 Å². The third kappa shape index (κ3) is 6.93. The van der Waals surface area contributed by atoms with E-state index in [1.807, 2.05) is 0 Å². The first kappa shape index (κ1) is 19.9. The van der Waals surface area contributed by atoms with Gasteiger partial charge in [-0.3, -0.25) is 10.0 Å². The maximum atomic E-state index is 10.8. The Labute approximate surface area is 140 Å². The number of hydrogen-bond acceptors (Lipinski definition) is 6. The summed E-state index contributed by atoms with van der Waals surface area (Å²) in [6.45, 7) is 0.159. The molecule has 2 atom stereocenters. The van der Waals surface area contributed by atoms with E-state index < -0.39 is 18.1 Å². The Balaban J connectivity index is 2.59. The van der Waals surface area contributed by atoms with Gasteiger partial charge in [0.2, 0.25) is 0 Å². The van der Waals surface area contributed by atoms with Crippen molar-refractivity contribution >= 4 is 5.91 Å². The van der Waals surface area contributed by atoms with E-state index in [2.05, 4.69) is 0 Å². The Morgan fingerprint density at radius 3 is 2.58 bits per heavy atom. The van der Waals surface area contributed by atoms with Crippen LogP contribution in [0.4, 0.5) is 0 Å². The smallest absolute Gasteiger partial charge is 0.267 e. The van der Waals surface area contributed by atoms with Gasteiger partial charge in [-0.25, -0.2) is 5.48 Å². The van der Waals surface area contributed by atoms with Gasteiger partial charge in [-0.1, -0.05) is 30.4 Å². The van der Waals surface area contributed by atoms with E-state index in [-0.39, 0.29) is 13.2 Å². The Kier molecular flexibility index (Phi) is 9.40. The number of ether oxygens (including phenoxy) is 2. The number of nitrogens with one attached hydrogen (secondary N) is 1. The van der Waals surface area contributed by atoms with E-state index in [1.165, 1.54) is 24.7 Å². The summed E-state index contributed by atoms with van der Waals surface area (Å²) in [5.74, 6) is -0.00681. The van der Waals surface area contributed by atoms with Crippen molar-refractivity contribution in [3.63, 3.8) is 0 Å². The van der Waals surface area contributed by atoms with Crippen LogP contribution in [0.15, 0.2) is 48.6 Å². The number of rotatable bonds is 10. The van der Waals surface area contributed by atoms with Crippen molar-refractivity contribution in [1.29, 1.82) is 0 Å². The van der Waals surface area contributed by atoms with Gasteiger partial charge in [0, 0.05) is 13.2 Å². The first-order chi connectivity index (χ1) is 11.6. The molecular formula is C17H23NO6. The molecule has 0 saturated carbocycles. The second-order valence-corrected chi connectivity index (χ2v) is 4.86. The van der Waals surface area contributed by atoms with Gasteiger partial charge in [0.15, 0.2) is 0 Å². The molecule has 1 rings (SSSR count). The third-order valence-corrected chi connectivity index (χ3v) is 3.21. The third-order valence-electron chi connectivity index (χ3n) is 3.21. The molecule has 0 aliphatic rings. The summed E-state index contributed by atoms with van der Waals surface area (Å²) >= 11 is 0. The van der Waals surface area contributed by atoms with E-state index >= 15 is 0 Å². The summed E-state index contributed by atoms with van der Waals surface area (Å²) in [6.07, 6.45) is 5.17. The highest BCUT2D eigenvalue weighted by Crippen LogP contribution is 2.23. The van der Waals surface area contributed by atoms with E-state index in [1.54, 1.807) is 36.4 Å². The van der Waals surface area contributed by atoms with Crippen molar-refractivity contribution in [2.24, 2.45) is 0 Å². The monoisotopic (exact) mass is 337 g/mol. The summed E-state index contributed by atoms with van der Waals surface area (Å²) in [4.78, 5) is 10.8. The predicted octanol–water partition coefficient (Wildman–Crippen LogP) is 1.11. The molecule has 0 spiro atoms. The van der Waals surface area contributed by atoms with Gasteiger partial charge in [0.1, 0.15) is 18.5 Å². The second-order valence-electron chi connectivity index (χ2n) is 4.86. The van der Waals surface area contributed by atoms with E-state index in [0.717, 1.165) is 0 Å². The molecule has 0 aromatic heterocycles. The fourth-order valence-corrected chi connectivity index (χ4v) is 1.96. The van der Waals surface area contributed by atoms with Crippen molar-refractivity contribution < 1.29 is 29.7 Å². The number of hydrogen-bond donors (Lipinski definition) is 4. The van der Waals surface area contributed by atoms with Crippen LogP contribution in [0.2, 0.25) is 0 Å². The molecule has 0 fully saturated rings. The highest BCUT2D eigenvalue weighted by molar-refractivity contribution is 5.86. The fourth-order valence-electron chi connectivity index (χ4n) is 1.96. The van der Waals surface area contributed by atoms with Crippen LogP contribution >= 0.6 is 0 Å². The summed E-state index contributed by atoms with van der Waals surface area (Å²) in [5, 5.41) is 27.4. The fraction of sp³-hybridized carbons (Fsp3) is 0.353. The number of amides is 1. The first-order valence-corrected chi connectivity index (χ1v) is 7.44. The van der Waals surface area contributed by atoms with Crippen LogP contribution in [0.25, 0.3) is 0 Å². The van der Waals surface area contributed by atoms with E-state index in [0.29, 0.717) is 17.7 Å². The Hall–Kier alpha value is -2.19. The molecule has 1 aromatic rings. The van der Waals surface area contributed by atoms with E-state index in [4.69, 9.17) is 19.8 Å². The highest BCUT2D eigenvalue weighted by atomic mass is 16.5. The van der Waals surface area contributed by atoms with Crippen LogP contribution < -0.4 is 10.2 Å². The minimum Gasteiger partial charge on any atom is -0.491 e. The molecule has 7 nitrogen and oxygen atoms in total. The number of allylic oxidation sites excluding steroid dienone is 2. The molecule has 7 heteroatoms. The lowest BCUT2D eigenvalue weighted by Gasteiger charge is -2.21. The van der Waals surface area contributed by atoms with Crippen molar-refractivity contribution in [2.45, 2.75) is 18.6 Å². The Bertz CT molecular complexity index is 541. The molecule has 1 amide bonds. The average Bonchev–Trinajstić information content (AvgIpc) is 2.62. The average molecular weight is 337 g/mol. The summed E-state index contributed by atoms with van der Waals surface area (Å²) in [6, 6.07) is 6.90. The number of aliphatic hydroxyl groups excluding tert-OH is 2. The van der Waals surface area contributed by atoms with Crippen LogP contribution in [0.3, 0.4) is 0 Å². The zero-order chi connectivity index (χ0) is 17.8. The number of methoxy groups -OCH3 is 1. The molecule has 0 radical (unpaired) electrons. The minimum absolute atomic E-state index is 0.0587. The van der Waals surface area contributed by atoms with Gasteiger partial charge in [-0.05, 0) is 24.1 Å². The van der Waals surface area contributed by atoms with Gasteiger partial charge in [0.05, 0.1) is 12.7 Å². The zero-order valence-electron chi connectivity index (χ0n) is 13.5. The van der Waals surface area contributed by atoms with Gasteiger partial charge >= 0.3 is 0 Å². The molecule has 1 aromatic carbocycles. The zero-order valence-corrected chi connectivity index (χ0v) is 13.5. The SMILES string of the molecule is CO[C@@H](C/C=C/C=C/C(=O)NO)[C@@H](O)c1ccc(OCCO)cc1. The van der Waals surface area contributed by atoms with Crippen molar-refractivity contribution in [2.75, 3.05) is 20.3 Å². The summed E-state index contributed by atoms with van der Waals surface area (Å²) in [5.41, 5.74) is 2.17. The standard InChI is InChI=1S/C17H23NO6/c1-23-15(5-3-2-4-6-16(20)18-22)17(21)13-7-9-14(10-8-13)24-12-11-19/h2-4,6-10,15,17,19,21-22H,5,11-12H2,1H3,(H,18,20)/b3-2+,6-4+/t15-,17-/m0/s1. The Morgan fingerprint density at radius 2 is 2.00 bits per heavy atom. The molecule has 132 valence electrons. The number of hydroxylamine groups is 1. The first-order valence-electron chi connectivity index (χ1n) is 7.44. The van der Waals surface area contributed by atoms with E-state index in [9.17, 15) is 9.90 Å². The van der Waals surface area contributed by atoms with Crippen LogP contribution in [0.5, 0.6) is 5.75 Å². The molecular weight excluding hydrogens is 314 g/mol. The maximum absolute atomic E-state index is 10.8. The quantitative estimate of drug-likeness (QED) is 0.220. The van der Waals surface area contributed by atoms with Crippen molar-refractivity contribution in [3.05, 3.63) is 54.1 Å². The maximum Gasteiger partial charge on any atom is 0.267 e. The summed E-state index contributed by atoms with van der Waals surface area (Å²) < 4.78 is 10.6. The summed E-state index contributed by atoms with van der Waals surface area (Å²) in [7, 11) is 1.51. The molecule has 0 heterocycles. The minimum atomic E-state index is -0.823. The molecule has 0 aliphatic carbocycles. The number of aliphatic hydroxyl groups is 2. The highest BCUT2D eigenvalue weighted by Gasteiger charge is 2.19. The predicted molar refractivity (Wildman–Crippen MR) is 87.6 cm³/mol. The molecule has 0 unspecified atom stereocenters. The molecule has 4 N–H and O–H groups in total. The molecule has 0 saturated heterocycles. The number of benzene rings is 1. The Morgan fingerprint density at radius 1 is 1.29 bits per heavy atom. The molecule has 24 heavy (non-hydrogen) atoms. The van der Waals surface area contributed by atoms with Crippen LogP contribution in [0, 0.1) is 0 Å². The largest absolute Gasteiger partial charge is 0.491 e. The van der Waals surface area contributed by atoms with Crippen LogP contribution in [-0.4, -0.2) is 47.8 Å². The molecule has 0 aliphatic heterocycles. The van der Waals surface area contributed by atoms with Crippen molar-refractivity contribution in [1.82, 2.24) is 5.48 Å². The lowest BCUT2D eigenvalue weighted by molar-refractivity contribution is -0.124. The van der Waals surface area contributed by atoms with Crippen LogP contribution in [-0.2, 0) is 9.53 Å². The van der Waals surface area contributed by atoms with Crippen LogP contribution in [0.1, 0.15) is 18.1 Å². The van der Waals surface area contributed by atoms with Gasteiger partial charge < -0.3 is 19.7 Å². The van der Waals surface area contributed by atoms with Gasteiger partial charge in [-0.2, -0.15) is 0 Å². The lowest BCUT2D eigenvalue weighted by Crippen LogP contribution is -2.20.